The molecule has 1 aromatic heterocycles. The van der Waals surface area contributed by atoms with Crippen molar-refractivity contribution in [3.63, 3.8) is 0 Å². The number of hydrogen-bond acceptors (Lipinski definition) is 4. The molecule has 0 amide bonds. The predicted molar refractivity (Wildman–Crippen MR) is 94.8 cm³/mol. The third kappa shape index (κ3) is 6.32. The molecule has 1 saturated heterocycles. The van der Waals surface area contributed by atoms with E-state index in [2.05, 4.69) is 32.4 Å². The Morgan fingerprint density at radius 3 is 2.73 bits per heavy atom. The maximum absolute atomic E-state index is 4.38. The topological polar surface area (TPSA) is 52.6 Å². The highest BCUT2D eigenvalue weighted by atomic mass is 32.1. The summed E-state index contributed by atoms with van der Waals surface area (Å²) in [5.74, 6) is 0.898. The van der Waals surface area contributed by atoms with Crippen LogP contribution in [0.3, 0.4) is 0 Å². The molecule has 1 aliphatic rings. The molecule has 1 aromatic rings. The van der Waals surface area contributed by atoms with E-state index in [-0.39, 0.29) is 0 Å². The minimum absolute atomic E-state index is 0.875. The van der Waals surface area contributed by atoms with Gasteiger partial charge in [0.1, 0.15) is 0 Å². The summed E-state index contributed by atoms with van der Waals surface area (Å²) in [7, 11) is 1.83. The van der Waals surface area contributed by atoms with Crippen molar-refractivity contribution in [2.24, 2.45) is 4.99 Å². The Morgan fingerprint density at radius 1 is 1.27 bits per heavy atom. The van der Waals surface area contributed by atoms with E-state index in [1.165, 1.54) is 55.2 Å². The Labute approximate surface area is 138 Å². The van der Waals surface area contributed by atoms with E-state index in [0.717, 1.165) is 25.5 Å². The third-order valence-electron chi connectivity index (χ3n) is 3.92. The van der Waals surface area contributed by atoms with Crippen molar-refractivity contribution < 1.29 is 0 Å². The lowest BCUT2D eigenvalue weighted by atomic mass is 10.3. The normalized spacial score (nSPS) is 16.2. The number of likely N-dealkylation sites (tertiary alicyclic amines) is 1. The molecular weight excluding hydrogens is 294 g/mol. The summed E-state index contributed by atoms with van der Waals surface area (Å²) in [4.78, 5) is 12.5. The number of thiazole rings is 1. The van der Waals surface area contributed by atoms with E-state index in [9.17, 15) is 0 Å². The molecule has 0 radical (unpaired) electrons. The quantitative estimate of drug-likeness (QED) is 0.437. The van der Waals surface area contributed by atoms with Crippen LogP contribution in [0.2, 0.25) is 0 Å². The van der Waals surface area contributed by atoms with Crippen molar-refractivity contribution in [3.8, 4) is 0 Å². The lowest BCUT2D eigenvalue weighted by molar-refractivity contribution is 0.330. The van der Waals surface area contributed by atoms with Crippen LogP contribution in [0.5, 0.6) is 0 Å². The van der Waals surface area contributed by atoms with Crippen molar-refractivity contribution >= 4 is 17.3 Å². The zero-order valence-corrected chi connectivity index (χ0v) is 14.7. The predicted octanol–water partition coefficient (Wildman–Crippen LogP) is 2.04. The van der Waals surface area contributed by atoms with Gasteiger partial charge in [-0.1, -0.05) is 0 Å². The Bertz CT molecular complexity index is 451. The summed E-state index contributed by atoms with van der Waals surface area (Å²) in [5, 5.41) is 7.93. The van der Waals surface area contributed by atoms with Crippen LogP contribution >= 0.6 is 11.3 Å². The molecule has 2 N–H and O–H groups in total. The van der Waals surface area contributed by atoms with Crippen molar-refractivity contribution in [2.45, 2.75) is 39.0 Å². The second-order valence-corrected chi connectivity index (χ2v) is 7.12. The average molecular weight is 324 g/mol. The molecule has 0 atom stereocenters. The zero-order valence-electron chi connectivity index (χ0n) is 13.9. The SMILES string of the molecule is CN=C(NCCCCN1CCCC1)NCCc1ncc(C)s1. The Hall–Kier alpha value is -1.14. The van der Waals surface area contributed by atoms with Crippen LogP contribution in [-0.4, -0.2) is 55.6 Å². The first-order valence-electron chi connectivity index (χ1n) is 8.36. The highest BCUT2D eigenvalue weighted by molar-refractivity contribution is 7.11. The molecule has 124 valence electrons. The fourth-order valence-corrected chi connectivity index (χ4v) is 3.49. The van der Waals surface area contributed by atoms with Gasteiger partial charge in [-0.25, -0.2) is 4.98 Å². The minimum atomic E-state index is 0.875. The first kappa shape index (κ1) is 17.2. The average Bonchev–Trinajstić information content (AvgIpc) is 3.17. The molecule has 0 bridgehead atoms. The van der Waals surface area contributed by atoms with Gasteiger partial charge in [-0.15, -0.1) is 11.3 Å². The van der Waals surface area contributed by atoms with Gasteiger partial charge in [-0.3, -0.25) is 4.99 Å². The lowest BCUT2D eigenvalue weighted by Crippen LogP contribution is -2.38. The van der Waals surface area contributed by atoms with E-state index in [0.29, 0.717) is 0 Å². The van der Waals surface area contributed by atoms with Gasteiger partial charge in [0.2, 0.25) is 0 Å². The monoisotopic (exact) mass is 323 g/mol. The molecule has 0 saturated carbocycles. The van der Waals surface area contributed by atoms with Crippen LogP contribution in [0.15, 0.2) is 11.2 Å². The number of aromatic nitrogens is 1. The molecule has 5 nitrogen and oxygen atoms in total. The first-order chi connectivity index (χ1) is 10.8. The molecule has 0 aliphatic carbocycles. The summed E-state index contributed by atoms with van der Waals surface area (Å²) in [5.41, 5.74) is 0. The molecule has 1 fully saturated rings. The van der Waals surface area contributed by atoms with Crippen molar-refractivity contribution in [1.29, 1.82) is 0 Å². The molecule has 0 spiro atoms. The van der Waals surface area contributed by atoms with Crippen molar-refractivity contribution in [1.82, 2.24) is 20.5 Å². The second-order valence-electron chi connectivity index (χ2n) is 5.80. The zero-order chi connectivity index (χ0) is 15.6. The summed E-state index contributed by atoms with van der Waals surface area (Å²) >= 11 is 1.77. The van der Waals surface area contributed by atoms with Gasteiger partial charge in [0.15, 0.2) is 5.96 Å². The number of aryl methyl sites for hydroxylation is 1. The van der Waals surface area contributed by atoms with Crippen LogP contribution in [-0.2, 0) is 6.42 Å². The Kier molecular flexibility index (Phi) is 7.66. The van der Waals surface area contributed by atoms with Gasteiger partial charge in [0.25, 0.3) is 0 Å². The van der Waals surface area contributed by atoms with E-state index >= 15 is 0 Å². The van der Waals surface area contributed by atoms with Gasteiger partial charge in [0.05, 0.1) is 5.01 Å². The smallest absolute Gasteiger partial charge is 0.190 e. The fraction of sp³-hybridized carbons (Fsp3) is 0.750. The number of aliphatic imine (C=N–C) groups is 1. The highest BCUT2D eigenvalue weighted by Gasteiger charge is 2.10. The standard InChI is InChI=1S/C16H29N5S/c1-14-13-20-15(22-14)7-9-19-16(17-2)18-8-3-4-10-21-11-5-6-12-21/h13H,3-12H2,1-2H3,(H2,17,18,19). The fourth-order valence-electron chi connectivity index (χ4n) is 2.70. The summed E-state index contributed by atoms with van der Waals surface area (Å²) in [6, 6.07) is 0. The molecule has 22 heavy (non-hydrogen) atoms. The van der Waals surface area contributed by atoms with Gasteiger partial charge in [-0.05, 0) is 52.2 Å². The Morgan fingerprint density at radius 2 is 2.05 bits per heavy atom. The van der Waals surface area contributed by atoms with Gasteiger partial charge >= 0.3 is 0 Å². The number of unbranched alkanes of at least 4 members (excludes halogenated alkanes) is 1. The summed E-state index contributed by atoms with van der Waals surface area (Å²) < 4.78 is 0. The van der Waals surface area contributed by atoms with E-state index in [1.54, 1.807) is 11.3 Å². The van der Waals surface area contributed by atoms with Crippen LogP contribution < -0.4 is 10.6 Å². The molecule has 0 aromatic carbocycles. The van der Waals surface area contributed by atoms with Gasteiger partial charge < -0.3 is 15.5 Å². The van der Waals surface area contributed by atoms with Gasteiger partial charge in [0, 0.05) is 37.6 Å². The maximum atomic E-state index is 4.38. The van der Waals surface area contributed by atoms with Gasteiger partial charge in [-0.2, -0.15) is 0 Å². The van der Waals surface area contributed by atoms with E-state index in [1.807, 2.05) is 13.2 Å². The lowest BCUT2D eigenvalue weighted by Gasteiger charge is -2.15. The minimum Gasteiger partial charge on any atom is -0.356 e. The molecular formula is C16H29N5S. The number of nitrogens with one attached hydrogen (secondary N) is 2. The van der Waals surface area contributed by atoms with E-state index < -0.39 is 0 Å². The number of nitrogens with zero attached hydrogens (tertiary/aromatic N) is 3. The molecule has 1 aliphatic heterocycles. The van der Waals surface area contributed by atoms with E-state index in [4.69, 9.17) is 0 Å². The molecule has 0 unspecified atom stereocenters. The second kappa shape index (κ2) is 9.79. The molecule has 6 heteroatoms. The van der Waals surface area contributed by atoms with Crippen molar-refractivity contribution in [2.75, 3.05) is 39.8 Å². The largest absolute Gasteiger partial charge is 0.356 e. The summed E-state index contributed by atoms with van der Waals surface area (Å²) in [6.45, 7) is 7.80. The summed E-state index contributed by atoms with van der Waals surface area (Å²) in [6.07, 6.45) is 8.12. The number of hydrogen-bond donors (Lipinski definition) is 2. The molecule has 2 rings (SSSR count). The molecule has 2 heterocycles. The van der Waals surface area contributed by atoms with Crippen LogP contribution in [0.25, 0.3) is 0 Å². The highest BCUT2D eigenvalue weighted by Crippen LogP contribution is 2.11. The number of guanidine groups is 1. The van der Waals surface area contributed by atoms with Crippen LogP contribution in [0.1, 0.15) is 35.6 Å². The maximum Gasteiger partial charge on any atom is 0.190 e. The Balaban J connectivity index is 1.51. The third-order valence-corrected chi connectivity index (χ3v) is 4.89. The first-order valence-corrected chi connectivity index (χ1v) is 9.18. The van der Waals surface area contributed by atoms with Crippen molar-refractivity contribution in [3.05, 3.63) is 16.1 Å². The number of rotatable bonds is 8. The van der Waals surface area contributed by atoms with Crippen LogP contribution in [0.4, 0.5) is 0 Å². The van der Waals surface area contributed by atoms with Crippen LogP contribution in [0, 0.1) is 6.92 Å².